The number of esters is 1. The standard InChI is InChI=1S/C12H17NO2/c1-2-15-11(14)7-12(8-13)5-9-3-4-10(9)6-12/h9-10H,2-7H2,1H3/t9-,10+,12?. The fourth-order valence-electron chi connectivity index (χ4n) is 3.03. The quantitative estimate of drug-likeness (QED) is 0.667. The van der Waals surface area contributed by atoms with Crippen LogP contribution < -0.4 is 0 Å². The van der Waals surface area contributed by atoms with Gasteiger partial charge in [-0.05, 0) is 44.4 Å². The first kappa shape index (κ1) is 10.5. The van der Waals surface area contributed by atoms with Crippen LogP contribution in [0.25, 0.3) is 0 Å². The van der Waals surface area contributed by atoms with Gasteiger partial charge in [-0.1, -0.05) is 0 Å². The van der Waals surface area contributed by atoms with Gasteiger partial charge in [0.1, 0.15) is 0 Å². The minimum atomic E-state index is -0.405. The summed E-state index contributed by atoms with van der Waals surface area (Å²) in [5.41, 5.74) is -0.405. The molecule has 0 heterocycles. The molecule has 2 aliphatic rings. The topological polar surface area (TPSA) is 50.1 Å². The van der Waals surface area contributed by atoms with E-state index in [2.05, 4.69) is 6.07 Å². The van der Waals surface area contributed by atoms with Gasteiger partial charge in [0.15, 0.2) is 0 Å². The van der Waals surface area contributed by atoms with Crippen LogP contribution in [0.2, 0.25) is 0 Å². The predicted octanol–water partition coefficient (Wildman–Crippen LogP) is 2.27. The Hall–Kier alpha value is -1.04. The number of carbonyl (C=O) groups is 1. The van der Waals surface area contributed by atoms with Gasteiger partial charge in [-0.2, -0.15) is 5.26 Å². The third kappa shape index (κ3) is 1.86. The maximum Gasteiger partial charge on any atom is 0.307 e. The summed E-state index contributed by atoms with van der Waals surface area (Å²) in [6, 6.07) is 2.37. The molecule has 0 aromatic rings. The van der Waals surface area contributed by atoms with Crippen molar-refractivity contribution in [3.05, 3.63) is 0 Å². The summed E-state index contributed by atoms with van der Waals surface area (Å²) in [6.07, 6.45) is 4.61. The minimum Gasteiger partial charge on any atom is -0.466 e. The summed E-state index contributed by atoms with van der Waals surface area (Å²) < 4.78 is 4.93. The van der Waals surface area contributed by atoms with Crippen molar-refractivity contribution in [2.24, 2.45) is 17.3 Å². The second kappa shape index (κ2) is 3.84. The average Bonchev–Trinajstić information content (AvgIpc) is 2.43. The molecule has 0 bridgehead atoms. The van der Waals surface area contributed by atoms with Gasteiger partial charge in [0.05, 0.1) is 24.5 Å². The Morgan fingerprint density at radius 1 is 1.47 bits per heavy atom. The third-order valence-corrected chi connectivity index (χ3v) is 3.91. The van der Waals surface area contributed by atoms with E-state index in [0.29, 0.717) is 24.9 Å². The Morgan fingerprint density at radius 3 is 2.47 bits per heavy atom. The largest absolute Gasteiger partial charge is 0.466 e. The summed E-state index contributed by atoms with van der Waals surface area (Å²) in [5.74, 6) is 1.21. The average molecular weight is 207 g/mol. The van der Waals surface area contributed by atoms with E-state index in [-0.39, 0.29) is 5.97 Å². The van der Waals surface area contributed by atoms with Gasteiger partial charge < -0.3 is 4.74 Å². The summed E-state index contributed by atoms with van der Waals surface area (Å²) in [6.45, 7) is 2.21. The molecule has 2 saturated carbocycles. The third-order valence-electron chi connectivity index (χ3n) is 3.91. The summed E-state index contributed by atoms with van der Waals surface area (Å²) in [4.78, 5) is 11.4. The molecule has 0 N–H and O–H groups in total. The van der Waals surface area contributed by atoms with Crippen molar-refractivity contribution in [1.29, 1.82) is 5.26 Å². The second-order valence-electron chi connectivity index (χ2n) is 4.88. The van der Waals surface area contributed by atoms with Crippen molar-refractivity contribution in [2.45, 2.75) is 39.0 Å². The van der Waals surface area contributed by atoms with Crippen LogP contribution in [0.1, 0.15) is 39.0 Å². The molecule has 2 fully saturated rings. The van der Waals surface area contributed by atoms with E-state index >= 15 is 0 Å². The summed E-state index contributed by atoms with van der Waals surface area (Å²) in [5, 5.41) is 9.24. The highest BCUT2D eigenvalue weighted by atomic mass is 16.5. The van der Waals surface area contributed by atoms with Crippen LogP contribution in [0.3, 0.4) is 0 Å². The number of hydrogen-bond donors (Lipinski definition) is 0. The lowest BCUT2D eigenvalue weighted by Gasteiger charge is -2.29. The van der Waals surface area contributed by atoms with Crippen molar-refractivity contribution >= 4 is 5.97 Å². The van der Waals surface area contributed by atoms with E-state index in [1.807, 2.05) is 0 Å². The minimum absolute atomic E-state index is 0.208. The van der Waals surface area contributed by atoms with E-state index in [1.54, 1.807) is 6.92 Å². The molecule has 0 saturated heterocycles. The zero-order valence-electron chi connectivity index (χ0n) is 9.16. The number of nitriles is 1. The number of fused-ring (bicyclic) bond motifs is 1. The highest BCUT2D eigenvalue weighted by Gasteiger charge is 2.50. The van der Waals surface area contributed by atoms with Crippen molar-refractivity contribution in [1.82, 2.24) is 0 Å². The van der Waals surface area contributed by atoms with Gasteiger partial charge in [0.25, 0.3) is 0 Å². The van der Waals surface area contributed by atoms with Gasteiger partial charge in [-0.15, -0.1) is 0 Å². The number of rotatable bonds is 3. The number of nitrogens with zero attached hydrogens (tertiary/aromatic N) is 1. The molecule has 1 unspecified atom stereocenters. The molecule has 0 spiro atoms. The molecule has 82 valence electrons. The molecule has 0 amide bonds. The first-order valence-corrected chi connectivity index (χ1v) is 5.76. The Labute approximate surface area is 90.4 Å². The zero-order chi connectivity index (χ0) is 10.9. The van der Waals surface area contributed by atoms with E-state index < -0.39 is 5.41 Å². The molecule has 15 heavy (non-hydrogen) atoms. The Kier molecular flexibility index (Phi) is 2.68. The van der Waals surface area contributed by atoms with Gasteiger partial charge in [0.2, 0.25) is 0 Å². The van der Waals surface area contributed by atoms with Crippen molar-refractivity contribution in [3.63, 3.8) is 0 Å². The van der Waals surface area contributed by atoms with Gasteiger partial charge >= 0.3 is 5.97 Å². The van der Waals surface area contributed by atoms with Crippen LogP contribution >= 0.6 is 0 Å². The molecule has 0 radical (unpaired) electrons. The van der Waals surface area contributed by atoms with Gasteiger partial charge in [-0.3, -0.25) is 4.79 Å². The van der Waals surface area contributed by atoms with Crippen molar-refractivity contribution in [3.8, 4) is 6.07 Å². The van der Waals surface area contributed by atoms with E-state index in [4.69, 9.17) is 4.74 Å². The molecule has 0 aromatic heterocycles. The SMILES string of the molecule is CCOC(=O)CC1(C#N)C[C@H]2CC[C@H]2C1. The summed E-state index contributed by atoms with van der Waals surface area (Å²) in [7, 11) is 0. The summed E-state index contributed by atoms with van der Waals surface area (Å²) >= 11 is 0. The lowest BCUT2D eigenvalue weighted by Crippen LogP contribution is -2.21. The number of hydrogen-bond acceptors (Lipinski definition) is 3. The van der Waals surface area contributed by atoms with Crippen LogP contribution in [-0.2, 0) is 9.53 Å². The lowest BCUT2D eigenvalue weighted by atomic mass is 9.77. The lowest BCUT2D eigenvalue weighted by molar-refractivity contribution is -0.145. The number of ether oxygens (including phenoxy) is 1. The molecule has 3 atom stereocenters. The Morgan fingerprint density at radius 2 is 2.07 bits per heavy atom. The highest BCUT2D eigenvalue weighted by molar-refractivity contribution is 5.71. The zero-order valence-corrected chi connectivity index (χ0v) is 9.16. The van der Waals surface area contributed by atoms with Crippen LogP contribution in [0.4, 0.5) is 0 Å². The molecule has 3 nitrogen and oxygen atoms in total. The molecule has 2 aliphatic carbocycles. The maximum atomic E-state index is 11.4. The molecular formula is C12H17NO2. The van der Waals surface area contributed by atoms with Gasteiger partial charge in [0, 0.05) is 0 Å². The highest BCUT2D eigenvalue weighted by Crippen LogP contribution is 2.56. The fourth-order valence-corrected chi connectivity index (χ4v) is 3.03. The van der Waals surface area contributed by atoms with E-state index in [0.717, 1.165) is 12.8 Å². The molecule has 2 rings (SSSR count). The maximum absolute atomic E-state index is 11.4. The molecule has 3 heteroatoms. The van der Waals surface area contributed by atoms with E-state index in [1.165, 1.54) is 12.8 Å². The van der Waals surface area contributed by atoms with Crippen LogP contribution in [0.5, 0.6) is 0 Å². The van der Waals surface area contributed by atoms with Crippen LogP contribution in [0.15, 0.2) is 0 Å². The fraction of sp³-hybridized carbons (Fsp3) is 0.833. The normalized spacial score (nSPS) is 37.6. The first-order chi connectivity index (χ1) is 7.19. The molecule has 0 aromatic carbocycles. The molecule has 0 aliphatic heterocycles. The van der Waals surface area contributed by atoms with Crippen LogP contribution in [0, 0.1) is 28.6 Å². The molecular weight excluding hydrogens is 190 g/mol. The number of carbonyl (C=O) groups excluding carboxylic acids is 1. The van der Waals surface area contributed by atoms with Crippen LogP contribution in [-0.4, -0.2) is 12.6 Å². The van der Waals surface area contributed by atoms with Crippen molar-refractivity contribution in [2.75, 3.05) is 6.61 Å². The first-order valence-electron chi connectivity index (χ1n) is 5.76. The monoisotopic (exact) mass is 207 g/mol. The Balaban J connectivity index is 1.98. The van der Waals surface area contributed by atoms with Crippen molar-refractivity contribution < 1.29 is 9.53 Å². The second-order valence-corrected chi connectivity index (χ2v) is 4.88. The van der Waals surface area contributed by atoms with Gasteiger partial charge in [-0.25, -0.2) is 0 Å². The van der Waals surface area contributed by atoms with E-state index in [9.17, 15) is 10.1 Å². The smallest absolute Gasteiger partial charge is 0.307 e. The Bertz CT molecular complexity index is 293. The predicted molar refractivity (Wildman–Crippen MR) is 54.7 cm³/mol.